The van der Waals surface area contributed by atoms with E-state index in [9.17, 15) is 23.2 Å². The van der Waals surface area contributed by atoms with E-state index < -0.39 is 23.7 Å². The molecule has 9 nitrogen and oxygen atoms in total. The van der Waals surface area contributed by atoms with Crippen LogP contribution in [0.25, 0.3) is 11.3 Å². The van der Waals surface area contributed by atoms with Gasteiger partial charge in [-0.25, -0.2) is 8.78 Å². The van der Waals surface area contributed by atoms with Crippen molar-refractivity contribution in [1.29, 1.82) is 0 Å². The maximum Gasteiger partial charge on any atom is 0.243 e. The number of hydrogen-bond acceptors (Lipinski definition) is 6. The number of nitrogens with one attached hydrogen (secondary N) is 2. The Morgan fingerprint density at radius 2 is 1.80 bits per heavy atom. The molecule has 41 heavy (non-hydrogen) atoms. The van der Waals surface area contributed by atoms with Gasteiger partial charge in [0.1, 0.15) is 17.7 Å². The number of ether oxygens (including phenoxy) is 1. The number of hydrogen-bond donors (Lipinski definition) is 2. The van der Waals surface area contributed by atoms with Crippen LogP contribution in [0, 0.1) is 11.6 Å². The maximum atomic E-state index is 14.1. The smallest absolute Gasteiger partial charge is 0.243 e. The highest BCUT2D eigenvalue weighted by Gasteiger charge is 2.34. The lowest BCUT2D eigenvalue weighted by Crippen LogP contribution is -2.49. The monoisotopic (exact) mass is 571 g/mol. The molecule has 4 rings (SSSR count). The highest BCUT2D eigenvalue weighted by atomic mass is 19.1. The molecule has 2 N–H and O–H groups in total. The van der Waals surface area contributed by atoms with E-state index in [1.807, 2.05) is 0 Å². The van der Waals surface area contributed by atoms with Crippen molar-refractivity contribution < 1.29 is 27.9 Å². The van der Waals surface area contributed by atoms with Crippen LogP contribution in [0.3, 0.4) is 0 Å². The van der Waals surface area contributed by atoms with Crippen LogP contribution in [0.4, 0.5) is 8.78 Å². The molecule has 0 bridgehead atoms. The standard InChI is InChI=1S/C30H39F2N5O4/c1-21(22-10-11-25(33-19-22)29-23(31)7-4-8-24(29)32)35-30(40)26-9-5-16-37(26)28(39)20-34-27(38)12-18-41-17-6-15-36-13-2-3-14-36/h4,7-8,10-11,19,21,26H,2-3,5-6,9,12-18,20H2,1H3,(H,34,38)(H,35,40). The van der Waals surface area contributed by atoms with Crippen LogP contribution >= 0.6 is 0 Å². The number of carbonyl (C=O) groups excluding carboxylic acids is 3. The van der Waals surface area contributed by atoms with Crippen molar-refractivity contribution in [3.8, 4) is 11.3 Å². The molecule has 2 aromatic rings. The Hall–Kier alpha value is -3.44. The molecule has 222 valence electrons. The summed E-state index contributed by atoms with van der Waals surface area (Å²) in [5, 5.41) is 5.54. The molecule has 3 amide bonds. The van der Waals surface area contributed by atoms with Gasteiger partial charge in [0.25, 0.3) is 0 Å². The van der Waals surface area contributed by atoms with Gasteiger partial charge >= 0.3 is 0 Å². The molecule has 2 unspecified atom stereocenters. The molecular formula is C30H39F2N5O4. The second kappa shape index (κ2) is 15.0. The minimum absolute atomic E-state index is 0.154. The van der Waals surface area contributed by atoms with E-state index in [0.29, 0.717) is 38.2 Å². The van der Waals surface area contributed by atoms with E-state index >= 15 is 0 Å². The third-order valence-corrected chi connectivity index (χ3v) is 7.61. The number of benzene rings is 1. The minimum Gasteiger partial charge on any atom is -0.381 e. The van der Waals surface area contributed by atoms with Gasteiger partial charge in [0, 0.05) is 32.3 Å². The van der Waals surface area contributed by atoms with Crippen molar-refractivity contribution in [3.63, 3.8) is 0 Å². The quantitative estimate of drug-likeness (QED) is 0.358. The van der Waals surface area contributed by atoms with Crippen molar-refractivity contribution >= 4 is 17.7 Å². The van der Waals surface area contributed by atoms with E-state index in [4.69, 9.17) is 4.74 Å². The van der Waals surface area contributed by atoms with Crippen LogP contribution in [-0.2, 0) is 19.1 Å². The van der Waals surface area contributed by atoms with Crippen molar-refractivity contribution in [3.05, 3.63) is 53.7 Å². The summed E-state index contributed by atoms with van der Waals surface area (Å²) >= 11 is 0. The predicted molar refractivity (Wildman–Crippen MR) is 150 cm³/mol. The lowest BCUT2D eigenvalue weighted by molar-refractivity contribution is -0.139. The highest BCUT2D eigenvalue weighted by Crippen LogP contribution is 2.25. The van der Waals surface area contributed by atoms with Crippen molar-refractivity contribution in [2.24, 2.45) is 0 Å². The molecule has 1 aromatic heterocycles. The molecule has 0 aliphatic carbocycles. The fourth-order valence-electron chi connectivity index (χ4n) is 5.31. The van der Waals surface area contributed by atoms with Crippen LogP contribution in [0.1, 0.15) is 57.1 Å². The SMILES string of the molecule is CC(NC(=O)C1CCCN1C(=O)CNC(=O)CCOCCCN1CCCC1)c1ccc(-c2c(F)cccc2F)nc1. The lowest BCUT2D eigenvalue weighted by atomic mass is 10.1. The van der Waals surface area contributed by atoms with E-state index in [1.54, 1.807) is 13.0 Å². The summed E-state index contributed by atoms with van der Waals surface area (Å²) in [6, 6.07) is 5.71. The number of likely N-dealkylation sites (tertiary alicyclic amines) is 2. The van der Waals surface area contributed by atoms with E-state index in [1.165, 1.54) is 48.2 Å². The first-order valence-corrected chi connectivity index (χ1v) is 14.4. The minimum atomic E-state index is -0.703. The van der Waals surface area contributed by atoms with E-state index in [2.05, 4.69) is 20.5 Å². The highest BCUT2D eigenvalue weighted by molar-refractivity contribution is 5.90. The van der Waals surface area contributed by atoms with Crippen LogP contribution in [0.5, 0.6) is 0 Å². The topological polar surface area (TPSA) is 104 Å². The molecule has 0 saturated carbocycles. The Bertz CT molecular complexity index is 1170. The Morgan fingerprint density at radius 1 is 1.05 bits per heavy atom. The first kappa shape index (κ1) is 30.5. The molecule has 0 radical (unpaired) electrons. The second-order valence-electron chi connectivity index (χ2n) is 10.6. The van der Waals surface area contributed by atoms with Gasteiger partial charge in [-0.3, -0.25) is 19.4 Å². The largest absolute Gasteiger partial charge is 0.381 e. The van der Waals surface area contributed by atoms with Crippen molar-refractivity contribution in [2.45, 2.75) is 57.5 Å². The zero-order chi connectivity index (χ0) is 29.2. The molecule has 3 heterocycles. The molecule has 2 aliphatic heterocycles. The van der Waals surface area contributed by atoms with Gasteiger partial charge in [-0.15, -0.1) is 0 Å². The number of rotatable bonds is 13. The van der Waals surface area contributed by atoms with Gasteiger partial charge in [0.05, 0.1) is 30.5 Å². The summed E-state index contributed by atoms with van der Waals surface area (Å²) in [6.07, 6.45) is 6.31. The molecule has 1 aromatic carbocycles. The molecule has 2 saturated heterocycles. The number of carbonyl (C=O) groups is 3. The van der Waals surface area contributed by atoms with Crippen molar-refractivity contribution in [2.75, 3.05) is 45.9 Å². The Kier molecular flexibility index (Phi) is 11.1. The molecule has 11 heteroatoms. The second-order valence-corrected chi connectivity index (χ2v) is 10.6. The first-order valence-electron chi connectivity index (χ1n) is 14.4. The summed E-state index contributed by atoms with van der Waals surface area (Å²) in [5.74, 6) is -2.29. The van der Waals surface area contributed by atoms with E-state index in [0.717, 1.165) is 26.1 Å². The van der Waals surface area contributed by atoms with Gasteiger partial charge in [0.2, 0.25) is 17.7 Å². The van der Waals surface area contributed by atoms with Crippen LogP contribution in [0.2, 0.25) is 0 Å². The maximum absolute atomic E-state index is 14.1. The average molecular weight is 572 g/mol. The zero-order valence-corrected chi connectivity index (χ0v) is 23.5. The Balaban J connectivity index is 1.18. The van der Waals surface area contributed by atoms with Crippen LogP contribution < -0.4 is 10.6 Å². The number of halogens is 2. The van der Waals surface area contributed by atoms with E-state index in [-0.39, 0.29) is 41.9 Å². The number of nitrogens with zero attached hydrogens (tertiary/aromatic N) is 3. The summed E-state index contributed by atoms with van der Waals surface area (Å²) in [5.41, 5.74) is 0.602. The zero-order valence-electron chi connectivity index (χ0n) is 23.5. The fraction of sp³-hybridized carbons (Fsp3) is 0.533. The summed E-state index contributed by atoms with van der Waals surface area (Å²) in [6.45, 7) is 6.27. The lowest BCUT2D eigenvalue weighted by Gasteiger charge is -2.26. The van der Waals surface area contributed by atoms with Gasteiger partial charge in [0.15, 0.2) is 0 Å². The van der Waals surface area contributed by atoms with Crippen molar-refractivity contribution in [1.82, 2.24) is 25.4 Å². The van der Waals surface area contributed by atoms with Gasteiger partial charge in [-0.05, 0) is 75.9 Å². The Morgan fingerprint density at radius 3 is 2.51 bits per heavy atom. The molecular weight excluding hydrogens is 532 g/mol. The summed E-state index contributed by atoms with van der Waals surface area (Å²) in [7, 11) is 0. The van der Waals surface area contributed by atoms with Gasteiger partial charge < -0.3 is 25.2 Å². The van der Waals surface area contributed by atoms with Gasteiger partial charge in [-0.2, -0.15) is 0 Å². The third kappa shape index (κ3) is 8.53. The normalized spacial score (nSPS) is 17.9. The van der Waals surface area contributed by atoms with Crippen LogP contribution in [-0.4, -0.2) is 84.5 Å². The number of amides is 3. The Labute approximate surface area is 239 Å². The summed E-state index contributed by atoms with van der Waals surface area (Å²) < 4.78 is 33.7. The van der Waals surface area contributed by atoms with Crippen LogP contribution in [0.15, 0.2) is 36.5 Å². The number of pyridine rings is 1. The molecule has 2 atom stereocenters. The molecule has 0 spiro atoms. The third-order valence-electron chi connectivity index (χ3n) is 7.61. The number of aromatic nitrogens is 1. The first-order chi connectivity index (χ1) is 19.8. The van der Waals surface area contributed by atoms with Gasteiger partial charge in [-0.1, -0.05) is 12.1 Å². The molecule has 2 fully saturated rings. The summed E-state index contributed by atoms with van der Waals surface area (Å²) in [4.78, 5) is 46.1. The average Bonchev–Trinajstić information content (AvgIpc) is 3.67. The molecule has 2 aliphatic rings. The predicted octanol–water partition coefficient (Wildman–Crippen LogP) is 3.20. The fourth-order valence-corrected chi connectivity index (χ4v) is 5.31.